The zero-order valence-electron chi connectivity index (χ0n) is 13.3. The van der Waals surface area contributed by atoms with Gasteiger partial charge in [-0.25, -0.2) is 4.79 Å². The molecule has 2 aliphatic carbocycles. The van der Waals surface area contributed by atoms with E-state index in [-0.39, 0.29) is 6.09 Å². The maximum absolute atomic E-state index is 11.7. The number of aliphatic carboxylic acids is 1. The summed E-state index contributed by atoms with van der Waals surface area (Å²) in [6, 6.07) is 0. The molecule has 0 heterocycles. The molecule has 2 saturated carbocycles. The number of carboxylic acid groups (broad SMARTS) is 1. The predicted molar refractivity (Wildman–Crippen MR) is 79.0 cm³/mol. The van der Waals surface area contributed by atoms with Crippen LogP contribution in [0.15, 0.2) is 0 Å². The molecule has 2 fully saturated rings. The van der Waals surface area contributed by atoms with Crippen molar-refractivity contribution >= 4 is 12.1 Å². The number of fused-ring (bicyclic) bond motifs is 2. The van der Waals surface area contributed by atoms with Crippen molar-refractivity contribution in [2.75, 3.05) is 6.54 Å². The van der Waals surface area contributed by atoms with Gasteiger partial charge < -0.3 is 15.2 Å². The number of nitrogens with one attached hydrogen (secondary N) is 1. The molecule has 0 aromatic carbocycles. The van der Waals surface area contributed by atoms with Crippen LogP contribution in [0.2, 0.25) is 0 Å². The van der Waals surface area contributed by atoms with Gasteiger partial charge in [0.25, 0.3) is 0 Å². The van der Waals surface area contributed by atoms with Crippen molar-refractivity contribution < 1.29 is 19.4 Å². The highest BCUT2D eigenvalue weighted by atomic mass is 16.6. The predicted octanol–water partition coefficient (Wildman–Crippen LogP) is 3.18. The standard InChI is InChI=1S/C16H27NO4/c1-15(2,3)21-14(20)17-10-12-6-8-16(13(18)19)7-4-5-11(12)9-16/h11-12H,4-10H2,1-3H3,(H,17,20)(H,18,19). The minimum atomic E-state index is -0.634. The lowest BCUT2D eigenvalue weighted by Crippen LogP contribution is -2.46. The monoisotopic (exact) mass is 297 g/mol. The lowest BCUT2D eigenvalue weighted by molar-refractivity contribution is -0.156. The van der Waals surface area contributed by atoms with E-state index >= 15 is 0 Å². The minimum Gasteiger partial charge on any atom is -0.481 e. The van der Waals surface area contributed by atoms with Crippen LogP contribution in [-0.2, 0) is 9.53 Å². The van der Waals surface area contributed by atoms with Gasteiger partial charge in [0.05, 0.1) is 5.41 Å². The first-order valence-corrected chi connectivity index (χ1v) is 7.92. The molecule has 2 aliphatic rings. The van der Waals surface area contributed by atoms with E-state index in [0.717, 1.165) is 38.5 Å². The second-order valence-electron chi connectivity index (χ2n) is 7.62. The van der Waals surface area contributed by atoms with Gasteiger partial charge in [-0.2, -0.15) is 0 Å². The molecule has 2 rings (SSSR count). The lowest BCUT2D eigenvalue weighted by Gasteiger charge is -2.46. The van der Waals surface area contributed by atoms with Gasteiger partial charge in [0.2, 0.25) is 0 Å². The number of carboxylic acids is 1. The molecule has 5 nitrogen and oxygen atoms in total. The Morgan fingerprint density at radius 3 is 2.62 bits per heavy atom. The SMILES string of the molecule is CC(C)(C)OC(=O)NCC1CCC2(C(=O)O)CCCC1C2. The van der Waals surface area contributed by atoms with Crippen molar-refractivity contribution in [3.05, 3.63) is 0 Å². The molecule has 2 bridgehead atoms. The van der Waals surface area contributed by atoms with Gasteiger partial charge >= 0.3 is 12.1 Å². The van der Waals surface area contributed by atoms with Crippen molar-refractivity contribution in [3.63, 3.8) is 0 Å². The summed E-state index contributed by atoms with van der Waals surface area (Å²) >= 11 is 0. The number of hydrogen-bond donors (Lipinski definition) is 2. The Morgan fingerprint density at radius 2 is 2.00 bits per heavy atom. The second-order valence-corrected chi connectivity index (χ2v) is 7.62. The fourth-order valence-corrected chi connectivity index (χ4v) is 3.83. The van der Waals surface area contributed by atoms with Gasteiger partial charge in [0.1, 0.15) is 5.60 Å². The van der Waals surface area contributed by atoms with E-state index in [1.165, 1.54) is 0 Å². The molecule has 5 heteroatoms. The number of carbonyl (C=O) groups excluding carboxylic acids is 1. The van der Waals surface area contributed by atoms with Gasteiger partial charge in [-0.3, -0.25) is 4.79 Å². The van der Waals surface area contributed by atoms with Crippen LogP contribution in [0, 0.1) is 17.3 Å². The van der Waals surface area contributed by atoms with E-state index in [4.69, 9.17) is 4.74 Å². The van der Waals surface area contributed by atoms with Crippen LogP contribution < -0.4 is 5.32 Å². The number of amides is 1. The van der Waals surface area contributed by atoms with E-state index in [0.29, 0.717) is 18.4 Å². The zero-order valence-corrected chi connectivity index (χ0v) is 13.3. The molecule has 21 heavy (non-hydrogen) atoms. The van der Waals surface area contributed by atoms with Crippen LogP contribution in [0.5, 0.6) is 0 Å². The average molecular weight is 297 g/mol. The normalized spacial score (nSPS) is 32.3. The maximum atomic E-state index is 11.7. The fraction of sp³-hybridized carbons (Fsp3) is 0.875. The molecule has 3 atom stereocenters. The Morgan fingerprint density at radius 1 is 1.29 bits per heavy atom. The summed E-state index contributed by atoms with van der Waals surface area (Å²) in [5, 5.41) is 12.3. The first kappa shape index (κ1) is 16.1. The lowest BCUT2D eigenvalue weighted by atomic mass is 9.58. The van der Waals surface area contributed by atoms with Crippen LogP contribution in [0.1, 0.15) is 59.3 Å². The Hall–Kier alpha value is -1.26. The third kappa shape index (κ3) is 3.89. The van der Waals surface area contributed by atoms with Crippen molar-refractivity contribution in [2.24, 2.45) is 17.3 Å². The Bertz CT molecular complexity index is 415. The Kier molecular flexibility index (Phi) is 4.49. The smallest absolute Gasteiger partial charge is 0.407 e. The topological polar surface area (TPSA) is 75.6 Å². The van der Waals surface area contributed by atoms with Crippen LogP contribution in [-0.4, -0.2) is 29.3 Å². The summed E-state index contributed by atoms with van der Waals surface area (Å²) < 4.78 is 5.25. The molecule has 0 aromatic heterocycles. The minimum absolute atomic E-state index is 0.380. The van der Waals surface area contributed by atoms with Crippen molar-refractivity contribution in [1.82, 2.24) is 5.32 Å². The largest absolute Gasteiger partial charge is 0.481 e. The molecular formula is C16H27NO4. The Labute approximate surface area is 126 Å². The summed E-state index contributed by atoms with van der Waals surface area (Å²) in [6.07, 6.45) is 4.88. The van der Waals surface area contributed by atoms with Crippen molar-refractivity contribution in [3.8, 4) is 0 Å². The molecule has 0 aliphatic heterocycles. The summed E-state index contributed by atoms with van der Waals surface area (Å²) in [6.45, 7) is 6.12. The molecule has 0 spiro atoms. The molecule has 1 amide bonds. The number of carbonyl (C=O) groups is 2. The number of hydrogen-bond acceptors (Lipinski definition) is 3. The van der Waals surface area contributed by atoms with E-state index < -0.39 is 17.0 Å². The van der Waals surface area contributed by atoms with Crippen LogP contribution in [0.25, 0.3) is 0 Å². The highest BCUT2D eigenvalue weighted by Gasteiger charge is 2.48. The number of ether oxygens (including phenoxy) is 1. The Balaban J connectivity index is 1.86. The van der Waals surface area contributed by atoms with Crippen LogP contribution in [0.3, 0.4) is 0 Å². The first-order valence-electron chi connectivity index (χ1n) is 7.92. The van der Waals surface area contributed by atoms with E-state index in [1.54, 1.807) is 0 Å². The highest BCUT2D eigenvalue weighted by Crippen LogP contribution is 2.51. The average Bonchev–Trinajstić information content (AvgIpc) is 2.36. The quantitative estimate of drug-likeness (QED) is 0.839. The van der Waals surface area contributed by atoms with Crippen molar-refractivity contribution in [2.45, 2.75) is 64.9 Å². The van der Waals surface area contributed by atoms with Gasteiger partial charge in [0.15, 0.2) is 0 Å². The van der Waals surface area contributed by atoms with E-state index in [2.05, 4.69) is 5.32 Å². The van der Waals surface area contributed by atoms with E-state index in [9.17, 15) is 14.7 Å². The molecule has 3 unspecified atom stereocenters. The zero-order chi connectivity index (χ0) is 15.7. The summed E-state index contributed by atoms with van der Waals surface area (Å²) in [4.78, 5) is 23.2. The molecule has 0 saturated heterocycles. The first-order chi connectivity index (χ1) is 9.72. The molecular weight excluding hydrogens is 270 g/mol. The van der Waals surface area contributed by atoms with Gasteiger partial charge in [-0.1, -0.05) is 12.8 Å². The van der Waals surface area contributed by atoms with Crippen LogP contribution in [0.4, 0.5) is 4.79 Å². The molecule has 2 N–H and O–H groups in total. The summed E-state index contributed by atoms with van der Waals surface area (Å²) in [7, 11) is 0. The molecule has 120 valence electrons. The van der Waals surface area contributed by atoms with Gasteiger partial charge in [-0.05, 0) is 58.3 Å². The third-order valence-corrected chi connectivity index (χ3v) is 4.90. The highest BCUT2D eigenvalue weighted by molar-refractivity contribution is 5.75. The van der Waals surface area contributed by atoms with Gasteiger partial charge in [0, 0.05) is 6.54 Å². The molecule has 0 radical (unpaired) electrons. The maximum Gasteiger partial charge on any atom is 0.407 e. The van der Waals surface area contributed by atoms with Crippen molar-refractivity contribution in [1.29, 1.82) is 0 Å². The van der Waals surface area contributed by atoms with E-state index in [1.807, 2.05) is 20.8 Å². The summed E-state index contributed by atoms with van der Waals surface area (Å²) in [5.41, 5.74) is -0.981. The summed E-state index contributed by atoms with van der Waals surface area (Å²) in [5.74, 6) is 0.162. The van der Waals surface area contributed by atoms with Crippen LogP contribution >= 0.6 is 0 Å². The van der Waals surface area contributed by atoms with Gasteiger partial charge in [-0.15, -0.1) is 0 Å². The third-order valence-electron chi connectivity index (χ3n) is 4.90. The fourth-order valence-electron chi connectivity index (χ4n) is 3.83. The second kappa shape index (κ2) is 5.85. The number of rotatable bonds is 3. The molecule has 0 aromatic rings. The number of alkyl carbamates (subject to hydrolysis) is 1.